The SMILES string of the molecule is Cc1ccc2c(c1)N(C(=O)CN1C(=O)C(c3ccc(F)cc3)=NC1(C)C)CCO2. The van der Waals surface area contributed by atoms with Crippen LogP contribution in [0, 0.1) is 12.7 Å². The molecule has 2 aromatic carbocycles. The van der Waals surface area contributed by atoms with Crippen molar-refractivity contribution in [1.82, 2.24) is 4.90 Å². The molecule has 2 aliphatic rings. The van der Waals surface area contributed by atoms with Crippen molar-refractivity contribution in [3.8, 4) is 5.75 Å². The van der Waals surface area contributed by atoms with E-state index in [1.54, 1.807) is 18.7 Å². The third kappa shape index (κ3) is 3.48. The Balaban J connectivity index is 1.57. The number of halogens is 1. The van der Waals surface area contributed by atoms with Gasteiger partial charge in [-0.05, 0) is 62.7 Å². The fourth-order valence-electron chi connectivity index (χ4n) is 3.63. The van der Waals surface area contributed by atoms with Gasteiger partial charge in [0.1, 0.15) is 36.1 Å². The lowest BCUT2D eigenvalue weighted by atomic mass is 10.1. The van der Waals surface area contributed by atoms with Crippen molar-refractivity contribution < 1.29 is 18.7 Å². The van der Waals surface area contributed by atoms with Gasteiger partial charge >= 0.3 is 0 Å². The summed E-state index contributed by atoms with van der Waals surface area (Å²) in [7, 11) is 0. The number of anilines is 1. The largest absolute Gasteiger partial charge is 0.490 e. The van der Waals surface area contributed by atoms with Crippen molar-refractivity contribution in [2.75, 3.05) is 24.6 Å². The van der Waals surface area contributed by atoms with Crippen LogP contribution in [0.5, 0.6) is 5.75 Å². The fraction of sp³-hybridized carbons (Fsp3) is 0.318. The van der Waals surface area contributed by atoms with E-state index >= 15 is 0 Å². The highest BCUT2D eigenvalue weighted by Crippen LogP contribution is 2.33. The van der Waals surface area contributed by atoms with Gasteiger partial charge in [-0.1, -0.05) is 6.07 Å². The number of benzene rings is 2. The molecule has 150 valence electrons. The molecule has 7 heteroatoms. The topological polar surface area (TPSA) is 62.2 Å². The van der Waals surface area contributed by atoms with Crippen LogP contribution in [-0.4, -0.2) is 47.8 Å². The standard InChI is InChI=1S/C22H22FN3O3/c1-14-4-9-18-17(12-14)25(10-11-29-18)19(27)13-26-21(28)20(24-22(26,2)3)15-5-7-16(23)8-6-15/h4-9,12H,10-11,13H2,1-3H3. The van der Waals surface area contributed by atoms with Crippen molar-refractivity contribution in [3.05, 3.63) is 59.4 Å². The Morgan fingerprint density at radius 1 is 1.21 bits per heavy atom. The minimum atomic E-state index is -0.877. The number of nitrogens with zero attached hydrogens (tertiary/aromatic N) is 3. The van der Waals surface area contributed by atoms with Crippen LogP contribution in [0.2, 0.25) is 0 Å². The monoisotopic (exact) mass is 395 g/mol. The van der Waals surface area contributed by atoms with E-state index < -0.39 is 5.66 Å². The van der Waals surface area contributed by atoms with Crippen LogP contribution < -0.4 is 9.64 Å². The van der Waals surface area contributed by atoms with Crippen LogP contribution >= 0.6 is 0 Å². The number of carbonyl (C=O) groups excluding carboxylic acids is 2. The van der Waals surface area contributed by atoms with E-state index in [4.69, 9.17) is 4.74 Å². The van der Waals surface area contributed by atoms with Gasteiger partial charge in [-0.25, -0.2) is 4.39 Å². The fourth-order valence-corrected chi connectivity index (χ4v) is 3.63. The highest BCUT2D eigenvalue weighted by atomic mass is 19.1. The van der Waals surface area contributed by atoms with Gasteiger partial charge < -0.3 is 14.5 Å². The first kappa shape index (κ1) is 19.1. The molecule has 2 heterocycles. The molecule has 0 saturated carbocycles. The molecule has 0 N–H and O–H groups in total. The van der Waals surface area contributed by atoms with Gasteiger partial charge in [-0.15, -0.1) is 0 Å². The quantitative estimate of drug-likeness (QED) is 0.803. The lowest BCUT2D eigenvalue weighted by Crippen LogP contribution is -2.50. The molecule has 0 atom stereocenters. The third-order valence-electron chi connectivity index (χ3n) is 5.18. The van der Waals surface area contributed by atoms with E-state index in [0.29, 0.717) is 30.2 Å². The summed E-state index contributed by atoms with van der Waals surface area (Å²) in [5.74, 6) is -0.261. The summed E-state index contributed by atoms with van der Waals surface area (Å²) in [5.41, 5.74) is 1.63. The van der Waals surface area contributed by atoms with Gasteiger partial charge in [0, 0.05) is 5.56 Å². The normalized spacial score (nSPS) is 17.7. The first-order valence-corrected chi connectivity index (χ1v) is 9.48. The van der Waals surface area contributed by atoms with Crippen LogP contribution in [0.1, 0.15) is 25.0 Å². The molecule has 4 rings (SSSR count). The molecule has 6 nitrogen and oxygen atoms in total. The average Bonchev–Trinajstić information content (AvgIpc) is 2.91. The molecule has 0 spiro atoms. The molecular weight excluding hydrogens is 373 g/mol. The summed E-state index contributed by atoms with van der Waals surface area (Å²) in [6.07, 6.45) is 0. The Bertz CT molecular complexity index is 1010. The van der Waals surface area contributed by atoms with Gasteiger partial charge in [-0.2, -0.15) is 0 Å². The average molecular weight is 395 g/mol. The van der Waals surface area contributed by atoms with E-state index in [2.05, 4.69) is 4.99 Å². The zero-order valence-corrected chi connectivity index (χ0v) is 16.6. The van der Waals surface area contributed by atoms with Crippen molar-refractivity contribution in [1.29, 1.82) is 0 Å². The Morgan fingerprint density at radius 3 is 2.66 bits per heavy atom. The minimum Gasteiger partial charge on any atom is -0.490 e. The van der Waals surface area contributed by atoms with Crippen LogP contribution in [0.25, 0.3) is 0 Å². The lowest BCUT2D eigenvalue weighted by Gasteiger charge is -2.34. The Kier molecular flexibility index (Phi) is 4.61. The zero-order valence-electron chi connectivity index (χ0n) is 16.6. The molecule has 0 unspecified atom stereocenters. The number of amides is 2. The van der Waals surface area contributed by atoms with Crippen molar-refractivity contribution in [2.45, 2.75) is 26.4 Å². The molecule has 0 saturated heterocycles. The highest BCUT2D eigenvalue weighted by Gasteiger charge is 2.42. The number of ether oxygens (including phenoxy) is 1. The summed E-state index contributed by atoms with van der Waals surface area (Å²) < 4.78 is 18.9. The predicted molar refractivity (Wildman–Crippen MR) is 108 cm³/mol. The maximum absolute atomic E-state index is 13.2. The molecule has 0 aliphatic carbocycles. The van der Waals surface area contributed by atoms with Crippen LogP contribution in [-0.2, 0) is 9.59 Å². The molecule has 2 aliphatic heterocycles. The summed E-state index contributed by atoms with van der Waals surface area (Å²) in [4.78, 5) is 33.8. The van der Waals surface area contributed by atoms with Crippen molar-refractivity contribution in [3.63, 3.8) is 0 Å². The van der Waals surface area contributed by atoms with E-state index in [1.807, 2.05) is 25.1 Å². The predicted octanol–water partition coefficient (Wildman–Crippen LogP) is 2.93. The highest BCUT2D eigenvalue weighted by molar-refractivity contribution is 6.47. The first-order chi connectivity index (χ1) is 13.8. The van der Waals surface area contributed by atoms with E-state index in [-0.39, 0.29) is 29.9 Å². The number of carbonyl (C=O) groups is 2. The molecule has 0 radical (unpaired) electrons. The lowest BCUT2D eigenvalue weighted by molar-refractivity contribution is -0.132. The minimum absolute atomic E-state index is 0.104. The van der Waals surface area contributed by atoms with Crippen LogP contribution in [0.3, 0.4) is 0 Å². The van der Waals surface area contributed by atoms with Crippen molar-refractivity contribution >= 4 is 23.2 Å². The number of rotatable bonds is 3. The number of fused-ring (bicyclic) bond motifs is 1. The Morgan fingerprint density at radius 2 is 1.93 bits per heavy atom. The number of aryl methyl sites for hydroxylation is 1. The number of aliphatic imine (C=N–C) groups is 1. The molecule has 2 amide bonds. The molecule has 29 heavy (non-hydrogen) atoms. The second kappa shape index (κ2) is 6.99. The summed E-state index contributed by atoms with van der Waals surface area (Å²) in [6, 6.07) is 11.3. The Labute approximate surface area is 168 Å². The van der Waals surface area contributed by atoms with Gasteiger partial charge in [0.15, 0.2) is 0 Å². The maximum atomic E-state index is 13.2. The van der Waals surface area contributed by atoms with Crippen LogP contribution in [0.4, 0.5) is 10.1 Å². The number of hydrogen-bond acceptors (Lipinski definition) is 4. The van der Waals surface area contributed by atoms with Crippen molar-refractivity contribution in [2.24, 2.45) is 4.99 Å². The zero-order chi connectivity index (χ0) is 20.8. The summed E-state index contributed by atoms with van der Waals surface area (Å²) in [6.45, 7) is 6.24. The van der Waals surface area contributed by atoms with E-state index in [9.17, 15) is 14.0 Å². The molecular formula is C22H22FN3O3. The van der Waals surface area contributed by atoms with Gasteiger partial charge in [0.25, 0.3) is 5.91 Å². The van der Waals surface area contributed by atoms with E-state index in [1.165, 1.54) is 29.2 Å². The summed E-state index contributed by atoms with van der Waals surface area (Å²) >= 11 is 0. The third-order valence-corrected chi connectivity index (χ3v) is 5.18. The number of hydrogen-bond donors (Lipinski definition) is 0. The smallest absolute Gasteiger partial charge is 0.275 e. The maximum Gasteiger partial charge on any atom is 0.275 e. The molecule has 0 bridgehead atoms. The molecule has 2 aromatic rings. The summed E-state index contributed by atoms with van der Waals surface area (Å²) in [5, 5.41) is 0. The Hall–Kier alpha value is -3.22. The second-order valence-electron chi connectivity index (χ2n) is 7.72. The first-order valence-electron chi connectivity index (χ1n) is 9.48. The molecule has 0 fully saturated rings. The second-order valence-corrected chi connectivity index (χ2v) is 7.72. The van der Waals surface area contributed by atoms with Gasteiger partial charge in [-0.3, -0.25) is 14.6 Å². The van der Waals surface area contributed by atoms with Gasteiger partial charge in [0.2, 0.25) is 5.91 Å². The molecule has 0 aromatic heterocycles. The van der Waals surface area contributed by atoms with Gasteiger partial charge in [0.05, 0.1) is 12.2 Å². The van der Waals surface area contributed by atoms with E-state index in [0.717, 1.165) is 5.56 Å². The van der Waals surface area contributed by atoms with Crippen LogP contribution in [0.15, 0.2) is 47.5 Å².